The number of halogens is 1. The topological polar surface area (TPSA) is 32.5 Å². The number of piperidine rings is 1. The van der Waals surface area contributed by atoms with Gasteiger partial charge < -0.3 is 15.5 Å². The number of nitrogens with zero attached hydrogens (tertiary/aromatic N) is 2. The summed E-state index contributed by atoms with van der Waals surface area (Å²) in [4.78, 5) is 5.13. The van der Waals surface area contributed by atoms with Gasteiger partial charge in [-0.25, -0.2) is 0 Å². The van der Waals surface area contributed by atoms with Gasteiger partial charge in [0, 0.05) is 36.9 Å². The SMILES string of the molecule is NCc1cc(Cl)ccc1N1CCC(CN2CCCC2)CC1. The Morgan fingerprint density at radius 2 is 1.81 bits per heavy atom. The number of hydrogen-bond acceptors (Lipinski definition) is 3. The van der Waals surface area contributed by atoms with Crippen molar-refractivity contribution in [2.45, 2.75) is 32.2 Å². The fourth-order valence-electron chi connectivity index (χ4n) is 3.71. The molecule has 0 atom stereocenters. The van der Waals surface area contributed by atoms with E-state index in [9.17, 15) is 0 Å². The summed E-state index contributed by atoms with van der Waals surface area (Å²) >= 11 is 6.07. The van der Waals surface area contributed by atoms with Crippen molar-refractivity contribution >= 4 is 17.3 Å². The van der Waals surface area contributed by atoms with E-state index >= 15 is 0 Å². The first-order valence-electron chi connectivity index (χ1n) is 8.22. The minimum absolute atomic E-state index is 0.559. The Morgan fingerprint density at radius 3 is 2.48 bits per heavy atom. The number of nitrogens with two attached hydrogens (primary N) is 1. The Balaban J connectivity index is 1.57. The summed E-state index contributed by atoms with van der Waals surface area (Å²) in [5, 5.41) is 0.781. The average Bonchev–Trinajstić information content (AvgIpc) is 3.01. The normalized spacial score (nSPS) is 21.1. The minimum Gasteiger partial charge on any atom is -0.371 e. The molecular weight excluding hydrogens is 282 g/mol. The van der Waals surface area contributed by atoms with Gasteiger partial charge in [0.05, 0.1) is 0 Å². The number of benzene rings is 1. The van der Waals surface area contributed by atoms with Gasteiger partial charge >= 0.3 is 0 Å². The largest absolute Gasteiger partial charge is 0.371 e. The van der Waals surface area contributed by atoms with Gasteiger partial charge in [0.2, 0.25) is 0 Å². The van der Waals surface area contributed by atoms with Crippen LogP contribution in [0.3, 0.4) is 0 Å². The molecule has 2 aliphatic heterocycles. The van der Waals surface area contributed by atoms with E-state index in [1.165, 1.54) is 56.6 Å². The van der Waals surface area contributed by atoms with Crippen molar-refractivity contribution in [3.63, 3.8) is 0 Å². The van der Waals surface area contributed by atoms with Crippen molar-refractivity contribution in [2.24, 2.45) is 11.7 Å². The van der Waals surface area contributed by atoms with Crippen molar-refractivity contribution < 1.29 is 0 Å². The molecule has 0 bridgehead atoms. The molecule has 0 saturated carbocycles. The minimum atomic E-state index is 0.559. The third-order valence-electron chi connectivity index (χ3n) is 4.93. The Kier molecular flexibility index (Phi) is 5.04. The highest BCUT2D eigenvalue weighted by atomic mass is 35.5. The zero-order valence-electron chi connectivity index (χ0n) is 12.7. The average molecular weight is 308 g/mol. The standard InChI is InChI=1S/C17H26ClN3/c18-16-3-4-17(15(11-16)12-19)21-9-5-14(6-10-21)13-20-7-1-2-8-20/h3-4,11,14H,1-2,5-10,12-13,19H2. The van der Waals surface area contributed by atoms with E-state index in [1.807, 2.05) is 12.1 Å². The lowest BCUT2D eigenvalue weighted by molar-refractivity contribution is 0.249. The lowest BCUT2D eigenvalue weighted by Crippen LogP contribution is -2.38. The van der Waals surface area contributed by atoms with Gasteiger partial charge in [0.15, 0.2) is 0 Å². The van der Waals surface area contributed by atoms with E-state index in [0.717, 1.165) is 24.0 Å². The highest BCUT2D eigenvalue weighted by molar-refractivity contribution is 6.30. The predicted octanol–water partition coefficient (Wildman–Crippen LogP) is 3.11. The van der Waals surface area contributed by atoms with Crippen molar-refractivity contribution in [1.82, 2.24) is 4.90 Å². The van der Waals surface area contributed by atoms with E-state index in [2.05, 4.69) is 15.9 Å². The number of anilines is 1. The monoisotopic (exact) mass is 307 g/mol. The molecule has 21 heavy (non-hydrogen) atoms. The molecule has 2 saturated heterocycles. The second-order valence-electron chi connectivity index (χ2n) is 6.42. The third kappa shape index (κ3) is 3.71. The van der Waals surface area contributed by atoms with E-state index in [0.29, 0.717) is 6.54 Å². The number of likely N-dealkylation sites (tertiary alicyclic amines) is 1. The fraction of sp³-hybridized carbons (Fsp3) is 0.647. The molecule has 0 unspecified atom stereocenters. The number of rotatable bonds is 4. The Bertz CT molecular complexity index is 463. The first kappa shape index (κ1) is 15.1. The fourth-order valence-corrected chi connectivity index (χ4v) is 3.91. The molecule has 2 fully saturated rings. The second kappa shape index (κ2) is 6.99. The van der Waals surface area contributed by atoms with Crippen LogP contribution in [0.1, 0.15) is 31.2 Å². The molecule has 0 aromatic heterocycles. The van der Waals surface area contributed by atoms with E-state index < -0.39 is 0 Å². The van der Waals surface area contributed by atoms with Gasteiger partial charge in [-0.3, -0.25) is 0 Å². The van der Waals surface area contributed by atoms with Crippen LogP contribution in [0.25, 0.3) is 0 Å². The van der Waals surface area contributed by atoms with Gasteiger partial charge in [-0.1, -0.05) is 11.6 Å². The first-order chi connectivity index (χ1) is 10.3. The summed E-state index contributed by atoms with van der Waals surface area (Å²) < 4.78 is 0. The van der Waals surface area contributed by atoms with Gasteiger partial charge in [-0.05, 0) is 68.5 Å². The Morgan fingerprint density at radius 1 is 1.10 bits per heavy atom. The van der Waals surface area contributed by atoms with E-state index in [4.69, 9.17) is 17.3 Å². The van der Waals surface area contributed by atoms with Crippen LogP contribution in [0.5, 0.6) is 0 Å². The molecule has 0 amide bonds. The zero-order valence-corrected chi connectivity index (χ0v) is 13.5. The molecule has 3 nitrogen and oxygen atoms in total. The molecule has 1 aromatic carbocycles. The van der Waals surface area contributed by atoms with Gasteiger partial charge in [-0.2, -0.15) is 0 Å². The maximum absolute atomic E-state index is 6.07. The summed E-state index contributed by atoms with van der Waals surface area (Å²) in [5.41, 5.74) is 8.32. The maximum Gasteiger partial charge on any atom is 0.0412 e. The quantitative estimate of drug-likeness (QED) is 0.927. The van der Waals surface area contributed by atoms with Crippen molar-refractivity contribution in [1.29, 1.82) is 0 Å². The molecule has 4 heteroatoms. The van der Waals surface area contributed by atoms with Crippen LogP contribution in [0.4, 0.5) is 5.69 Å². The van der Waals surface area contributed by atoms with Crippen LogP contribution in [-0.4, -0.2) is 37.6 Å². The predicted molar refractivity (Wildman–Crippen MR) is 90.0 cm³/mol. The van der Waals surface area contributed by atoms with Crippen LogP contribution in [0.2, 0.25) is 5.02 Å². The summed E-state index contributed by atoms with van der Waals surface area (Å²) in [6.45, 7) is 6.78. The van der Waals surface area contributed by atoms with Crippen LogP contribution >= 0.6 is 11.6 Å². The molecule has 1 aromatic rings. The highest BCUT2D eigenvalue weighted by Crippen LogP contribution is 2.29. The van der Waals surface area contributed by atoms with E-state index in [-0.39, 0.29) is 0 Å². The molecular formula is C17H26ClN3. The lowest BCUT2D eigenvalue weighted by atomic mass is 9.95. The lowest BCUT2D eigenvalue weighted by Gasteiger charge is -2.36. The van der Waals surface area contributed by atoms with Crippen molar-refractivity contribution in [3.05, 3.63) is 28.8 Å². The van der Waals surface area contributed by atoms with E-state index in [1.54, 1.807) is 0 Å². The molecule has 3 rings (SSSR count). The summed E-state index contributed by atoms with van der Waals surface area (Å²) in [6.07, 6.45) is 5.37. The Hall–Kier alpha value is -0.770. The molecule has 2 N–H and O–H groups in total. The highest BCUT2D eigenvalue weighted by Gasteiger charge is 2.23. The van der Waals surface area contributed by atoms with Crippen LogP contribution in [0.15, 0.2) is 18.2 Å². The van der Waals surface area contributed by atoms with Crippen molar-refractivity contribution in [3.8, 4) is 0 Å². The van der Waals surface area contributed by atoms with Gasteiger partial charge in [0.1, 0.15) is 0 Å². The zero-order chi connectivity index (χ0) is 14.7. The third-order valence-corrected chi connectivity index (χ3v) is 5.17. The first-order valence-corrected chi connectivity index (χ1v) is 8.60. The van der Waals surface area contributed by atoms with Crippen LogP contribution < -0.4 is 10.6 Å². The molecule has 2 heterocycles. The van der Waals surface area contributed by atoms with Gasteiger partial charge in [-0.15, -0.1) is 0 Å². The van der Waals surface area contributed by atoms with Crippen LogP contribution in [0, 0.1) is 5.92 Å². The summed E-state index contributed by atoms with van der Waals surface area (Å²) in [6, 6.07) is 6.12. The van der Waals surface area contributed by atoms with Crippen molar-refractivity contribution in [2.75, 3.05) is 37.6 Å². The number of hydrogen-bond donors (Lipinski definition) is 1. The Labute approximate surface area is 133 Å². The molecule has 0 radical (unpaired) electrons. The summed E-state index contributed by atoms with van der Waals surface area (Å²) in [7, 11) is 0. The molecule has 2 aliphatic rings. The second-order valence-corrected chi connectivity index (χ2v) is 6.85. The maximum atomic E-state index is 6.07. The molecule has 0 spiro atoms. The smallest absolute Gasteiger partial charge is 0.0412 e. The molecule has 116 valence electrons. The molecule has 0 aliphatic carbocycles. The summed E-state index contributed by atoms with van der Waals surface area (Å²) in [5.74, 6) is 0.868. The van der Waals surface area contributed by atoms with Gasteiger partial charge in [0.25, 0.3) is 0 Å². The van der Waals surface area contributed by atoms with Crippen LogP contribution in [-0.2, 0) is 6.54 Å².